The zero-order valence-corrected chi connectivity index (χ0v) is 15.0. The highest BCUT2D eigenvalue weighted by Crippen LogP contribution is 2.33. The van der Waals surface area contributed by atoms with Crippen molar-refractivity contribution in [2.45, 2.75) is 24.9 Å². The minimum absolute atomic E-state index is 0.630. The van der Waals surface area contributed by atoms with E-state index >= 15 is 0 Å². The van der Waals surface area contributed by atoms with E-state index in [1.807, 2.05) is 29.3 Å². The van der Waals surface area contributed by atoms with Gasteiger partial charge in [-0.2, -0.15) is 13.2 Å². The number of halogens is 3. The Kier molecular flexibility index (Phi) is 4.69. The van der Waals surface area contributed by atoms with Crippen molar-refractivity contribution in [1.29, 1.82) is 0 Å². The van der Waals surface area contributed by atoms with E-state index in [0.29, 0.717) is 0 Å². The topological polar surface area (TPSA) is 4.93 Å². The molecule has 2 aromatic carbocycles. The number of hydrogen-bond acceptors (Lipinski definition) is 1. The van der Waals surface area contributed by atoms with Crippen molar-refractivity contribution in [2.75, 3.05) is 6.26 Å². The summed E-state index contributed by atoms with van der Waals surface area (Å²) in [6.07, 6.45) is 1.63. The van der Waals surface area contributed by atoms with E-state index in [2.05, 4.69) is 26.0 Å². The van der Waals surface area contributed by atoms with Crippen molar-refractivity contribution in [3.63, 3.8) is 0 Å². The summed E-state index contributed by atoms with van der Waals surface area (Å²) < 4.78 is 40.1. The summed E-state index contributed by atoms with van der Waals surface area (Å²) in [6, 6.07) is 11.3. The summed E-state index contributed by atoms with van der Waals surface area (Å²) in [5, 5.41) is 0. The highest BCUT2D eigenvalue weighted by atomic mass is 32.2. The molecule has 1 aromatic heterocycles. The van der Waals surface area contributed by atoms with Crippen LogP contribution >= 0.6 is 11.8 Å². The Morgan fingerprint density at radius 3 is 2.16 bits per heavy atom. The first-order valence-electron chi connectivity index (χ1n) is 7.81. The third kappa shape index (κ3) is 3.47. The van der Waals surface area contributed by atoms with Crippen molar-refractivity contribution in [2.24, 2.45) is 0 Å². The second kappa shape index (κ2) is 6.64. The lowest BCUT2D eigenvalue weighted by molar-refractivity contribution is -0.137. The maximum absolute atomic E-state index is 12.7. The first-order chi connectivity index (χ1) is 11.8. The SMILES string of the molecule is CSc1c(-n2ccc(-c3ccc(C(F)(F)F)cc3)c2)ccc(C)c1C. The van der Waals surface area contributed by atoms with E-state index < -0.39 is 11.7 Å². The van der Waals surface area contributed by atoms with Gasteiger partial charge in [-0.05, 0) is 66.6 Å². The molecule has 0 fully saturated rings. The Balaban J connectivity index is 1.97. The standard InChI is InChI=1S/C20H18F3NS/c1-13-4-9-18(19(25-3)14(13)2)24-11-10-16(12-24)15-5-7-17(8-6-15)20(21,22)23/h4-12H,1-3H3. The maximum Gasteiger partial charge on any atom is 0.416 e. The van der Waals surface area contributed by atoms with Crippen molar-refractivity contribution >= 4 is 11.8 Å². The third-order valence-electron chi connectivity index (χ3n) is 4.38. The van der Waals surface area contributed by atoms with Gasteiger partial charge < -0.3 is 4.57 Å². The number of aromatic nitrogens is 1. The minimum Gasteiger partial charge on any atom is -0.322 e. The zero-order chi connectivity index (χ0) is 18.2. The molecule has 1 nitrogen and oxygen atoms in total. The maximum atomic E-state index is 12.7. The molecule has 0 saturated carbocycles. The van der Waals surface area contributed by atoms with Crippen LogP contribution in [0.5, 0.6) is 0 Å². The number of aryl methyl sites for hydroxylation is 1. The number of alkyl halides is 3. The summed E-state index contributed by atoms with van der Waals surface area (Å²) in [6.45, 7) is 4.19. The fourth-order valence-electron chi connectivity index (χ4n) is 2.81. The van der Waals surface area contributed by atoms with Crippen LogP contribution in [-0.2, 0) is 6.18 Å². The van der Waals surface area contributed by atoms with E-state index in [1.54, 1.807) is 11.8 Å². The Morgan fingerprint density at radius 1 is 0.880 bits per heavy atom. The van der Waals surface area contributed by atoms with Gasteiger partial charge >= 0.3 is 6.18 Å². The molecule has 1 heterocycles. The van der Waals surface area contributed by atoms with Gasteiger partial charge in [0.2, 0.25) is 0 Å². The summed E-state index contributed by atoms with van der Waals surface area (Å²) in [5.74, 6) is 0. The fraction of sp³-hybridized carbons (Fsp3) is 0.200. The first kappa shape index (κ1) is 17.7. The monoisotopic (exact) mass is 361 g/mol. The largest absolute Gasteiger partial charge is 0.416 e. The molecule has 3 aromatic rings. The number of thioether (sulfide) groups is 1. The predicted molar refractivity (Wildman–Crippen MR) is 97.5 cm³/mol. The summed E-state index contributed by atoms with van der Waals surface area (Å²) in [4.78, 5) is 1.20. The molecule has 0 aliphatic rings. The number of benzene rings is 2. The van der Waals surface area contributed by atoms with Crippen LogP contribution in [0.25, 0.3) is 16.8 Å². The quantitative estimate of drug-likeness (QED) is 0.482. The fourth-order valence-corrected chi connectivity index (χ4v) is 3.66. The zero-order valence-electron chi connectivity index (χ0n) is 14.2. The Bertz CT molecular complexity index is 892. The molecule has 5 heteroatoms. The molecule has 0 saturated heterocycles. The van der Waals surface area contributed by atoms with E-state index in [-0.39, 0.29) is 0 Å². The van der Waals surface area contributed by atoms with Gasteiger partial charge in [0.15, 0.2) is 0 Å². The molecule has 0 aliphatic carbocycles. The highest BCUT2D eigenvalue weighted by molar-refractivity contribution is 7.98. The first-order valence-corrected chi connectivity index (χ1v) is 9.04. The van der Waals surface area contributed by atoms with E-state index in [4.69, 9.17) is 0 Å². The minimum atomic E-state index is -4.31. The van der Waals surface area contributed by atoms with Gasteiger partial charge in [0, 0.05) is 17.3 Å². The molecule has 130 valence electrons. The summed E-state index contributed by atoms with van der Waals surface area (Å²) in [7, 11) is 0. The molecule has 0 spiro atoms. The molecule has 0 amide bonds. The second-order valence-electron chi connectivity index (χ2n) is 5.94. The smallest absolute Gasteiger partial charge is 0.322 e. The molecule has 0 bridgehead atoms. The van der Waals surface area contributed by atoms with Gasteiger partial charge in [-0.15, -0.1) is 11.8 Å². The van der Waals surface area contributed by atoms with Crippen molar-refractivity contribution in [1.82, 2.24) is 4.57 Å². The lowest BCUT2D eigenvalue weighted by atomic mass is 10.1. The van der Waals surface area contributed by atoms with Crippen LogP contribution in [0, 0.1) is 13.8 Å². The average Bonchev–Trinajstić information content (AvgIpc) is 3.06. The summed E-state index contributed by atoms with van der Waals surface area (Å²) in [5.41, 5.74) is 4.58. The lowest BCUT2D eigenvalue weighted by Gasteiger charge is -2.13. The van der Waals surface area contributed by atoms with Crippen molar-refractivity contribution < 1.29 is 13.2 Å². The van der Waals surface area contributed by atoms with Crippen LogP contribution in [0.15, 0.2) is 59.8 Å². The van der Waals surface area contributed by atoms with Crippen LogP contribution in [0.2, 0.25) is 0 Å². The van der Waals surface area contributed by atoms with Gasteiger partial charge in [0.1, 0.15) is 0 Å². The van der Waals surface area contributed by atoms with Crippen LogP contribution in [-0.4, -0.2) is 10.8 Å². The molecule has 0 aliphatic heterocycles. The molecule has 0 unspecified atom stereocenters. The van der Waals surface area contributed by atoms with E-state index in [9.17, 15) is 13.2 Å². The number of rotatable bonds is 3. The Labute approximate surface area is 149 Å². The molecular formula is C20H18F3NS. The van der Waals surface area contributed by atoms with Gasteiger partial charge in [0.05, 0.1) is 11.3 Å². The molecule has 25 heavy (non-hydrogen) atoms. The number of hydrogen-bond donors (Lipinski definition) is 0. The van der Waals surface area contributed by atoms with Crippen molar-refractivity contribution in [3.05, 3.63) is 71.5 Å². The molecule has 3 rings (SSSR count). The van der Waals surface area contributed by atoms with Crippen LogP contribution in [0.1, 0.15) is 16.7 Å². The Hall–Kier alpha value is -2.14. The van der Waals surface area contributed by atoms with Gasteiger partial charge in [0.25, 0.3) is 0 Å². The average molecular weight is 361 g/mol. The normalized spacial score (nSPS) is 11.8. The van der Waals surface area contributed by atoms with Crippen molar-refractivity contribution in [3.8, 4) is 16.8 Å². The van der Waals surface area contributed by atoms with E-state index in [1.165, 1.54) is 28.2 Å². The summed E-state index contributed by atoms with van der Waals surface area (Å²) >= 11 is 1.69. The lowest BCUT2D eigenvalue weighted by Crippen LogP contribution is -2.03. The Morgan fingerprint density at radius 2 is 1.56 bits per heavy atom. The van der Waals surface area contributed by atoms with Gasteiger partial charge in [-0.3, -0.25) is 0 Å². The third-order valence-corrected chi connectivity index (χ3v) is 5.30. The van der Waals surface area contributed by atoms with Gasteiger partial charge in [-0.25, -0.2) is 0 Å². The van der Waals surface area contributed by atoms with Gasteiger partial charge in [-0.1, -0.05) is 18.2 Å². The molecule has 0 atom stereocenters. The van der Waals surface area contributed by atoms with Crippen LogP contribution < -0.4 is 0 Å². The molecule has 0 N–H and O–H groups in total. The van der Waals surface area contributed by atoms with Crippen LogP contribution in [0.3, 0.4) is 0 Å². The predicted octanol–water partition coefficient (Wildman–Crippen LogP) is 6.50. The highest BCUT2D eigenvalue weighted by Gasteiger charge is 2.29. The second-order valence-corrected chi connectivity index (χ2v) is 6.76. The van der Waals surface area contributed by atoms with Crippen LogP contribution in [0.4, 0.5) is 13.2 Å². The number of nitrogens with zero attached hydrogens (tertiary/aromatic N) is 1. The molecular weight excluding hydrogens is 343 g/mol. The molecule has 0 radical (unpaired) electrons. The van der Waals surface area contributed by atoms with E-state index in [0.717, 1.165) is 28.9 Å².